The van der Waals surface area contributed by atoms with E-state index in [2.05, 4.69) is 25.6 Å². The summed E-state index contributed by atoms with van der Waals surface area (Å²) in [6.07, 6.45) is 3.05. The second-order valence-corrected chi connectivity index (χ2v) is 6.84. The number of rotatable bonds is 3. The maximum Gasteiger partial charge on any atom is 0.263 e. The molecule has 0 saturated carbocycles. The molecule has 0 aliphatic heterocycles. The molecular weight excluding hydrogens is 352 g/mol. The van der Waals surface area contributed by atoms with E-state index < -0.39 is 10.0 Å². The Morgan fingerprint density at radius 3 is 2.68 bits per heavy atom. The molecule has 0 amide bonds. The number of hydrogen-bond donors (Lipinski definition) is 1. The van der Waals surface area contributed by atoms with Gasteiger partial charge in [-0.15, -0.1) is 0 Å². The largest absolute Gasteiger partial charge is 0.278 e. The number of hydrogen-bond acceptors (Lipinski definition) is 3. The molecule has 0 bridgehead atoms. The molecule has 2 rings (SSSR count). The van der Waals surface area contributed by atoms with E-state index in [1.165, 1.54) is 18.3 Å². The third-order valence-corrected chi connectivity index (χ3v) is 4.81. The molecule has 0 aliphatic rings. The Bertz CT molecular complexity index is 719. The fourth-order valence-corrected chi connectivity index (χ4v) is 3.62. The first-order valence-electron chi connectivity index (χ1n) is 5.28. The zero-order valence-electron chi connectivity index (χ0n) is 9.89. The molecule has 1 N–H and O–H groups in total. The Hall–Kier alpha value is -1.11. The number of halogens is 2. The summed E-state index contributed by atoms with van der Waals surface area (Å²) >= 11 is 9.19. The molecule has 0 spiro atoms. The van der Waals surface area contributed by atoms with Crippen LogP contribution in [0.25, 0.3) is 0 Å². The van der Waals surface area contributed by atoms with Crippen molar-refractivity contribution in [3.05, 3.63) is 51.7 Å². The lowest BCUT2D eigenvalue weighted by Crippen LogP contribution is -2.14. The van der Waals surface area contributed by atoms with Crippen LogP contribution < -0.4 is 4.72 Å². The van der Waals surface area contributed by atoms with Crippen LogP contribution in [0.4, 0.5) is 5.69 Å². The number of anilines is 1. The lowest BCUT2D eigenvalue weighted by atomic mass is 10.3. The number of benzene rings is 1. The number of sulfonamides is 1. The van der Waals surface area contributed by atoms with Gasteiger partial charge in [0.15, 0.2) is 0 Å². The Kier molecular flexibility index (Phi) is 4.13. The van der Waals surface area contributed by atoms with Crippen molar-refractivity contribution in [2.45, 2.75) is 11.8 Å². The van der Waals surface area contributed by atoms with Gasteiger partial charge in [0, 0.05) is 10.7 Å². The fourth-order valence-electron chi connectivity index (χ4n) is 1.46. The first-order valence-corrected chi connectivity index (χ1v) is 7.94. The summed E-state index contributed by atoms with van der Waals surface area (Å²) in [5.74, 6) is 0. The van der Waals surface area contributed by atoms with E-state index in [4.69, 9.17) is 11.6 Å². The van der Waals surface area contributed by atoms with Crippen molar-refractivity contribution in [3.8, 4) is 0 Å². The van der Waals surface area contributed by atoms with Crippen molar-refractivity contribution in [2.24, 2.45) is 0 Å². The molecule has 0 unspecified atom stereocenters. The highest BCUT2D eigenvalue weighted by Crippen LogP contribution is 2.27. The quantitative estimate of drug-likeness (QED) is 0.908. The molecular formula is C12H10BrClN2O2S. The van der Waals surface area contributed by atoms with Crippen molar-refractivity contribution >= 4 is 43.2 Å². The summed E-state index contributed by atoms with van der Waals surface area (Å²) in [6.45, 7) is 1.79. The molecule has 1 heterocycles. The predicted molar refractivity (Wildman–Crippen MR) is 78.9 cm³/mol. The lowest BCUT2D eigenvalue weighted by molar-refractivity contribution is 0.601. The Morgan fingerprint density at radius 2 is 2.05 bits per heavy atom. The summed E-state index contributed by atoms with van der Waals surface area (Å²) < 4.78 is 27.7. The summed E-state index contributed by atoms with van der Waals surface area (Å²) in [4.78, 5) is 3.92. The van der Waals surface area contributed by atoms with Crippen molar-refractivity contribution in [1.82, 2.24) is 4.98 Å². The number of nitrogens with zero attached hydrogens (tertiary/aromatic N) is 1. The van der Waals surface area contributed by atoms with Gasteiger partial charge in [-0.25, -0.2) is 8.42 Å². The lowest BCUT2D eigenvalue weighted by Gasteiger charge is -2.11. The van der Waals surface area contributed by atoms with Gasteiger partial charge in [-0.3, -0.25) is 9.71 Å². The molecule has 0 fully saturated rings. The summed E-state index contributed by atoms with van der Waals surface area (Å²) in [6, 6.07) is 6.32. The zero-order chi connectivity index (χ0) is 14.0. The van der Waals surface area contributed by atoms with E-state index in [9.17, 15) is 8.42 Å². The molecule has 7 heteroatoms. The van der Waals surface area contributed by atoms with Gasteiger partial charge in [0.05, 0.1) is 16.9 Å². The molecule has 100 valence electrons. The average molecular weight is 362 g/mol. The molecule has 1 aromatic heterocycles. The summed E-state index contributed by atoms with van der Waals surface area (Å²) in [5.41, 5.74) is 1.22. The van der Waals surface area contributed by atoms with Crippen LogP contribution in [0.2, 0.25) is 5.02 Å². The van der Waals surface area contributed by atoms with Crippen LogP contribution in [0.3, 0.4) is 0 Å². The second-order valence-electron chi connectivity index (χ2n) is 3.87. The molecule has 2 aromatic rings. The second kappa shape index (κ2) is 5.48. The number of aryl methyl sites for hydroxylation is 1. The van der Waals surface area contributed by atoms with Crippen LogP contribution in [0, 0.1) is 6.92 Å². The topological polar surface area (TPSA) is 59.1 Å². The van der Waals surface area contributed by atoms with Gasteiger partial charge >= 0.3 is 0 Å². The van der Waals surface area contributed by atoms with Crippen LogP contribution in [0.5, 0.6) is 0 Å². The minimum absolute atomic E-state index is 0.0284. The van der Waals surface area contributed by atoms with E-state index in [0.29, 0.717) is 10.2 Å². The molecule has 0 radical (unpaired) electrons. The van der Waals surface area contributed by atoms with Crippen molar-refractivity contribution < 1.29 is 8.42 Å². The zero-order valence-corrected chi connectivity index (χ0v) is 13.1. The number of aromatic nitrogens is 1. The Labute approximate surface area is 125 Å². The fraction of sp³-hybridized carbons (Fsp3) is 0.0833. The van der Waals surface area contributed by atoms with E-state index in [1.54, 1.807) is 25.3 Å². The minimum atomic E-state index is -3.73. The van der Waals surface area contributed by atoms with Gasteiger partial charge in [-0.2, -0.15) is 0 Å². The van der Waals surface area contributed by atoms with Crippen molar-refractivity contribution in [1.29, 1.82) is 0 Å². The first kappa shape index (κ1) is 14.3. The average Bonchev–Trinajstić information content (AvgIpc) is 2.31. The standard InChI is InChI=1S/C12H10BrClN2O2S/c1-8-4-5-15-7-11(8)16-19(17,18)12-3-2-9(13)6-10(12)14/h2-7,16H,1H3. The van der Waals surface area contributed by atoms with Gasteiger partial charge < -0.3 is 0 Å². The predicted octanol–water partition coefficient (Wildman–Crippen LogP) is 3.61. The smallest absolute Gasteiger partial charge is 0.263 e. The van der Waals surface area contributed by atoms with Crippen LogP contribution in [-0.2, 0) is 10.0 Å². The summed E-state index contributed by atoms with van der Waals surface area (Å²) in [5, 5.41) is 0.156. The maximum atomic E-state index is 12.2. The van der Waals surface area contributed by atoms with Gasteiger partial charge in [-0.05, 0) is 36.8 Å². The first-order chi connectivity index (χ1) is 8.90. The maximum absolute atomic E-state index is 12.2. The number of nitrogens with one attached hydrogen (secondary N) is 1. The third kappa shape index (κ3) is 3.26. The van der Waals surface area contributed by atoms with Gasteiger partial charge in [-0.1, -0.05) is 27.5 Å². The molecule has 19 heavy (non-hydrogen) atoms. The highest BCUT2D eigenvalue weighted by molar-refractivity contribution is 9.10. The molecule has 0 saturated heterocycles. The van der Waals surface area contributed by atoms with Crippen LogP contribution in [0.1, 0.15) is 5.56 Å². The summed E-state index contributed by atoms with van der Waals surface area (Å²) in [7, 11) is -3.73. The Morgan fingerprint density at radius 1 is 1.32 bits per heavy atom. The van der Waals surface area contributed by atoms with Crippen LogP contribution in [-0.4, -0.2) is 13.4 Å². The van der Waals surface area contributed by atoms with Crippen LogP contribution in [0.15, 0.2) is 46.0 Å². The minimum Gasteiger partial charge on any atom is -0.278 e. The van der Waals surface area contributed by atoms with Crippen molar-refractivity contribution in [3.63, 3.8) is 0 Å². The van der Waals surface area contributed by atoms with Gasteiger partial charge in [0.1, 0.15) is 4.90 Å². The number of pyridine rings is 1. The van der Waals surface area contributed by atoms with Gasteiger partial charge in [0.2, 0.25) is 0 Å². The van der Waals surface area contributed by atoms with E-state index in [-0.39, 0.29) is 9.92 Å². The molecule has 1 aromatic carbocycles. The highest BCUT2D eigenvalue weighted by atomic mass is 79.9. The van der Waals surface area contributed by atoms with E-state index >= 15 is 0 Å². The van der Waals surface area contributed by atoms with E-state index in [1.807, 2.05) is 0 Å². The molecule has 4 nitrogen and oxygen atoms in total. The normalized spacial score (nSPS) is 11.3. The van der Waals surface area contributed by atoms with Crippen LogP contribution >= 0.6 is 27.5 Å². The van der Waals surface area contributed by atoms with Crippen molar-refractivity contribution in [2.75, 3.05) is 4.72 Å². The highest BCUT2D eigenvalue weighted by Gasteiger charge is 2.18. The third-order valence-electron chi connectivity index (χ3n) is 2.47. The SMILES string of the molecule is Cc1ccncc1NS(=O)(=O)c1ccc(Br)cc1Cl. The van der Waals surface area contributed by atoms with Gasteiger partial charge in [0.25, 0.3) is 10.0 Å². The molecule has 0 atom stereocenters. The Balaban J connectivity index is 2.41. The molecule has 0 aliphatic carbocycles. The monoisotopic (exact) mass is 360 g/mol. The van der Waals surface area contributed by atoms with E-state index in [0.717, 1.165) is 5.56 Å².